The molecule has 0 saturated heterocycles. The van der Waals surface area contributed by atoms with E-state index in [0.717, 1.165) is 4.47 Å². The molecule has 7 heteroatoms. The fourth-order valence-corrected chi connectivity index (χ4v) is 2.49. The van der Waals surface area contributed by atoms with Crippen LogP contribution in [0.1, 0.15) is 13.8 Å². The van der Waals surface area contributed by atoms with Gasteiger partial charge in [-0.1, -0.05) is 33.6 Å². The largest absolute Gasteiger partial charge is 0.481 e. The van der Waals surface area contributed by atoms with E-state index in [1.54, 1.807) is 49.4 Å². The number of hydrogen-bond donors (Lipinski definition) is 2. The smallest absolute Gasteiger partial charge is 0.265 e. The van der Waals surface area contributed by atoms with E-state index >= 15 is 0 Å². The molecule has 2 aromatic rings. The second kappa shape index (κ2) is 8.17. The fraction of sp³-hybridized carbons (Fsp3) is 0.176. The third-order valence-corrected chi connectivity index (χ3v) is 3.76. The predicted octanol–water partition coefficient (Wildman–Crippen LogP) is 4.47. The summed E-state index contributed by atoms with van der Waals surface area (Å²) in [7, 11) is 0. The molecule has 2 aromatic carbocycles. The van der Waals surface area contributed by atoms with Crippen LogP contribution in [0.2, 0.25) is 5.02 Å². The number of halogens is 2. The maximum atomic E-state index is 12.4. The summed E-state index contributed by atoms with van der Waals surface area (Å²) >= 11 is 9.24. The SMILES string of the molecule is CC(=O)Nc1ccc(Br)cc1NC(=O)C(C)Oc1cccc(Cl)c1. The summed E-state index contributed by atoms with van der Waals surface area (Å²) in [6.45, 7) is 3.03. The molecule has 0 saturated carbocycles. The average Bonchev–Trinajstić information content (AvgIpc) is 2.49. The molecular weight excluding hydrogens is 396 g/mol. The summed E-state index contributed by atoms with van der Waals surface area (Å²) in [5.74, 6) is -0.0720. The minimum absolute atomic E-state index is 0.226. The van der Waals surface area contributed by atoms with Crippen molar-refractivity contribution in [1.82, 2.24) is 0 Å². The van der Waals surface area contributed by atoms with Gasteiger partial charge in [-0.15, -0.1) is 0 Å². The molecule has 2 N–H and O–H groups in total. The lowest BCUT2D eigenvalue weighted by atomic mass is 10.2. The van der Waals surface area contributed by atoms with Crippen LogP contribution in [0.25, 0.3) is 0 Å². The number of rotatable bonds is 5. The minimum atomic E-state index is -0.743. The first kappa shape index (κ1) is 18.3. The van der Waals surface area contributed by atoms with Gasteiger partial charge in [-0.25, -0.2) is 0 Å². The van der Waals surface area contributed by atoms with Crippen molar-refractivity contribution >= 4 is 50.7 Å². The molecule has 126 valence electrons. The number of nitrogens with one attached hydrogen (secondary N) is 2. The molecule has 0 aliphatic rings. The van der Waals surface area contributed by atoms with Gasteiger partial charge in [0, 0.05) is 16.4 Å². The Morgan fingerprint density at radius 1 is 1.12 bits per heavy atom. The highest BCUT2D eigenvalue weighted by atomic mass is 79.9. The van der Waals surface area contributed by atoms with E-state index in [2.05, 4.69) is 26.6 Å². The van der Waals surface area contributed by atoms with Gasteiger partial charge in [-0.3, -0.25) is 9.59 Å². The lowest BCUT2D eigenvalue weighted by molar-refractivity contribution is -0.122. The van der Waals surface area contributed by atoms with Crippen LogP contribution in [-0.2, 0) is 9.59 Å². The van der Waals surface area contributed by atoms with Crippen molar-refractivity contribution in [1.29, 1.82) is 0 Å². The van der Waals surface area contributed by atoms with Crippen molar-refractivity contribution < 1.29 is 14.3 Å². The van der Waals surface area contributed by atoms with Crippen LogP contribution < -0.4 is 15.4 Å². The standard InChI is InChI=1S/C17H16BrClN2O3/c1-10(24-14-5-3-4-13(19)9-14)17(23)21-16-8-12(18)6-7-15(16)20-11(2)22/h3-10H,1-2H3,(H,20,22)(H,21,23). The normalized spacial score (nSPS) is 11.5. The first-order valence-electron chi connectivity index (χ1n) is 7.15. The number of hydrogen-bond acceptors (Lipinski definition) is 3. The van der Waals surface area contributed by atoms with Gasteiger partial charge in [0.25, 0.3) is 5.91 Å². The molecule has 1 atom stereocenters. The van der Waals surface area contributed by atoms with Crippen LogP contribution in [0.5, 0.6) is 5.75 Å². The van der Waals surface area contributed by atoms with Gasteiger partial charge in [-0.05, 0) is 43.3 Å². The van der Waals surface area contributed by atoms with E-state index < -0.39 is 6.10 Å². The Hall–Kier alpha value is -2.05. The molecule has 1 unspecified atom stereocenters. The summed E-state index contributed by atoms with van der Waals surface area (Å²) < 4.78 is 6.36. The molecule has 0 radical (unpaired) electrons. The monoisotopic (exact) mass is 410 g/mol. The van der Waals surface area contributed by atoms with E-state index in [1.807, 2.05) is 0 Å². The van der Waals surface area contributed by atoms with Crippen molar-refractivity contribution in [3.05, 3.63) is 52.0 Å². The Morgan fingerprint density at radius 2 is 1.88 bits per heavy atom. The summed E-state index contributed by atoms with van der Waals surface area (Å²) in [5, 5.41) is 5.95. The highest BCUT2D eigenvalue weighted by molar-refractivity contribution is 9.10. The molecule has 5 nitrogen and oxygen atoms in total. The highest BCUT2D eigenvalue weighted by Gasteiger charge is 2.17. The van der Waals surface area contributed by atoms with Gasteiger partial charge in [0.2, 0.25) is 5.91 Å². The number of ether oxygens (including phenoxy) is 1. The lowest BCUT2D eigenvalue weighted by Crippen LogP contribution is -2.30. The van der Waals surface area contributed by atoms with Crippen LogP contribution in [-0.4, -0.2) is 17.9 Å². The zero-order chi connectivity index (χ0) is 17.7. The Kier molecular flexibility index (Phi) is 6.23. The molecule has 0 aliphatic heterocycles. The van der Waals surface area contributed by atoms with Gasteiger partial charge in [0.15, 0.2) is 6.10 Å². The Labute approximate surface area is 153 Å². The van der Waals surface area contributed by atoms with E-state index in [1.165, 1.54) is 6.92 Å². The quantitative estimate of drug-likeness (QED) is 0.763. The highest BCUT2D eigenvalue weighted by Crippen LogP contribution is 2.26. The summed E-state index contributed by atoms with van der Waals surface area (Å²) in [5.41, 5.74) is 0.986. The molecule has 0 bridgehead atoms. The lowest BCUT2D eigenvalue weighted by Gasteiger charge is -2.17. The van der Waals surface area contributed by atoms with Gasteiger partial charge in [-0.2, -0.15) is 0 Å². The number of benzene rings is 2. The summed E-state index contributed by atoms with van der Waals surface area (Å²) in [6.07, 6.45) is -0.743. The average molecular weight is 412 g/mol. The van der Waals surface area contributed by atoms with Crippen molar-refractivity contribution in [3.8, 4) is 5.75 Å². The van der Waals surface area contributed by atoms with Gasteiger partial charge < -0.3 is 15.4 Å². The maximum absolute atomic E-state index is 12.4. The van der Waals surface area contributed by atoms with Crippen molar-refractivity contribution in [3.63, 3.8) is 0 Å². The zero-order valence-corrected chi connectivity index (χ0v) is 15.4. The van der Waals surface area contributed by atoms with Crippen LogP contribution in [0.3, 0.4) is 0 Å². The summed E-state index contributed by atoms with van der Waals surface area (Å²) in [4.78, 5) is 23.6. The molecule has 0 aromatic heterocycles. The second-order valence-electron chi connectivity index (χ2n) is 5.08. The third kappa shape index (κ3) is 5.25. The first-order chi connectivity index (χ1) is 11.3. The molecule has 0 spiro atoms. The molecule has 2 rings (SSSR count). The van der Waals surface area contributed by atoms with Crippen molar-refractivity contribution in [2.45, 2.75) is 20.0 Å². The van der Waals surface area contributed by atoms with E-state index in [9.17, 15) is 9.59 Å². The Bertz CT molecular complexity index is 767. The molecular formula is C17H16BrClN2O3. The third-order valence-electron chi connectivity index (χ3n) is 3.03. The number of anilines is 2. The van der Waals surface area contributed by atoms with E-state index in [0.29, 0.717) is 22.1 Å². The van der Waals surface area contributed by atoms with Gasteiger partial charge in [0.05, 0.1) is 11.4 Å². The molecule has 2 amide bonds. The minimum Gasteiger partial charge on any atom is -0.481 e. The first-order valence-corrected chi connectivity index (χ1v) is 8.32. The predicted molar refractivity (Wildman–Crippen MR) is 98.6 cm³/mol. The van der Waals surface area contributed by atoms with Crippen molar-refractivity contribution in [2.75, 3.05) is 10.6 Å². The Morgan fingerprint density at radius 3 is 2.54 bits per heavy atom. The van der Waals surface area contributed by atoms with Crippen LogP contribution in [0, 0.1) is 0 Å². The molecule has 0 heterocycles. The van der Waals surface area contributed by atoms with Gasteiger partial charge >= 0.3 is 0 Å². The topological polar surface area (TPSA) is 67.4 Å². The van der Waals surface area contributed by atoms with Crippen LogP contribution >= 0.6 is 27.5 Å². The fourth-order valence-electron chi connectivity index (χ4n) is 1.95. The van der Waals surface area contributed by atoms with Gasteiger partial charge in [0.1, 0.15) is 5.75 Å². The number of carbonyl (C=O) groups excluding carboxylic acids is 2. The molecule has 0 fully saturated rings. The summed E-state index contributed by atoms with van der Waals surface area (Å²) in [6, 6.07) is 12.0. The van der Waals surface area contributed by atoms with Crippen LogP contribution in [0.15, 0.2) is 46.9 Å². The molecule has 24 heavy (non-hydrogen) atoms. The Balaban J connectivity index is 2.10. The maximum Gasteiger partial charge on any atom is 0.265 e. The number of amides is 2. The zero-order valence-electron chi connectivity index (χ0n) is 13.1. The van der Waals surface area contributed by atoms with E-state index in [-0.39, 0.29) is 11.8 Å². The van der Waals surface area contributed by atoms with Crippen LogP contribution in [0.4, 0.5) is 11.4 Å². The molecule has 0 aliphatic carbocycles. The van der Waals surface area contributed by atoms with Crippen molar-refractivity contribution in [2.24, 2.45) is 0 Å². The number of carbonyl (C=O) groups is 2. The second-order valence-corrected chi connectivity index (χ2v) is 6.43. The van der Waals surface area contributed by atoms with E-state index in [4.69, 9.17) is 16.3 Å².